The van der Waals surface area contributed by atoms with Crippen molar-refractivity contribution in [3.8, 4) is 16.8 Å². The number of aromatic nitrogens is 1. The predicted molar refractivity (Wildman–Crippen MR) is 241 cm³/mol. The fourth-order valence-corrected chi connectivity index (χ4v) is 9.08. The first-order chi connectivity index (χ1) is 28.2. The molecule has 57 heavy (non-hydrogen) atoms. The fourth-order valence-electron chi connectivity index (χ4n) is 9.08. The topological polar surface area (TPSA) is 21.3 Å². The van der Waals surface area contributed by atoms with Gasteiger partial charge in [-0.25, -0.2) is 0 Å². The number of nitrogens with zero attached hydrogens (tertiary/aromatic N) is 2. The number of furan rings is 1. The van der Waals surface area contributed by atoms with E-state index in [-0.39, 0.29) is 0 Å². The van der Waals surface area contributed by atoms with Gasteiger partial charge in [-0.3, -0.25) is 0 Å². The lowest BCUT2D eigenvalue weighted by molar-refractivity contribution is 0.669. The zero-order chi connectivity index (χ0) is 37.5. The van der Waals surface area contributed by atoms with Gasteiger partial charge in [0.15, 0.2) is 0 Å². The van der Waals surface area contributed by atoms with Crippen LogP contribution < -0.4 is 4.90 Å². The number of anilines is 3. The Morgan fingerprint density at radius 1 is 0.333 bits per heavy atom. The Bertz CT molecular complexity index is 3530. The number of hydrogen-bond donors (Lipinski definition) is 0. The standard InChI is InChI=1S/C54H34N2O/c1-2-13-36(14-3-1)46-34-42(29-39-18-7-8-20-43(39)46)55(41-26-28-53-49(33-41)48-30-37-16-4-5-17-38(37)31-54(48)57-53)40-25-27-52-47(32-40)45-22-10-11-23-51(45)56(52)50-24-12-19-35-15-6-9-21-44(35)50/h1-34H. The highest BCUT2D eigenvalue weighted by Gasteiger charge is 2.21. The molecule has 0 radical (unpaired) electrons. The zero-order valence-electron chi connectivity index (χ0n) is 30.9. The molecular weight excluding hydrogens is 693 g/mol. The molecule has 0 aliphatic heterocycles. The molecule has 0 fully saturated rings. The van der Waals surface area contributed by atoms with Gasteiger partial charge in [0.2, 0.25) is 0 Å². The lowest BCUT2D eigenvalue weighted by atomic mass is 9.96. The summed E-state index contributed by atoms with van der Waals surface area (Å²) in [6.07, 6.45) is 0. The lowest BCUT2D eigenvalue weighted by Gasteiger charge is -2.27. The maximum absolute atomic E-state index is 6.50. The van der Waals surface area contributed by atoms with Crippen LogP contribution in [0.5, 0.6) is 0 Å². The van der Waals surface area contributed by atoms with E-state index in [0.29, 0.717) is 0 Å². The van der Waals surface area contributed by atoms with Gasteiger partial charge in [0.25, 0.3) is 0 Å². The van der Waals surface area contributed by atoms with E-state index in [1.54, 1.807) is 0 Å². The quantitative estimate of drug-likeness (QED) is 0.176. The third kappa shape index (κ3) is 4.99. The second-order valence-electron chi connectivity index (χ2n) is 14.9. The van der Waals surface area contributed by atoms with E-state index in [9.17, 15) is 0 Å². The monoisotopic (exact) mass is 726 g/mol. The molecule has 0 N–H and O–H groups in total. The first-order valence-electron chi connectivity index (χ1n) is 19.5. The molecule has 3 nitrogen and oxygen atoms in total. The zero-order valence-corrected chi connectivity index (χ0v) is 30.9. The number of fused-ring (bicyclic) bond motifs is 9. The summed E-state index contributed by atoms with van der Waals surface area (Å²) in [6, 6.07) is 74.7. The summed E-state index contributed by atoms with van der Waals surface area (Å²) in [5.74, 6) is 0. The minimum atomic E-state index is 0.876. The molecule has 0 aliphatic carbocycles. The predicted octanol–water partition coefficient (Wildman–Crippen LogP) is 15.3. The average molecular weight is 727 g/mol. The van der Waals surface area contributed by atoms with Crippen LogP contribution in [0.2, 0.25) is 0 Å². The molecule has 0 unspecified atom stereocenters. The highest BCUT2D eigenvalue weighted by atomic mass is 16.3. The van der Waals surface area contributed by atoms with E-state index in [2.05, 4.69) is 216 Å². The Morgan fingerprint density at radius 3 is 1.79 bits per heavy atom. The van der Waals surface area contributed by atoms with Crippen molar-refractivity contribution in [2.24, 2.45) is 0 Å². The second kappa shape index (κ2) is 12.5. The molecule has 3 heteroatoms. The lowest BCUT2D eigenvalue weighted by Crippen LogP contribution is -2.10. The fraction of sp³-hybridized carbons (Fsp3) is 0. The van der Waals surface area contributed by atoms with Crippen LogP contribution >= 0.6 is 0 Å². The van der Waals surface area contributed by atoms with Crippen molar-refractivity contribution in [3.63, 3.8) is 0 Å². The molecule has 266 valence electrons. The van der Waals surface area contributed by atoms with Crippen LogP contribution in [0.3, 0.4) is 0 Å². The Labute approximate surface area is 328 Å². The number of rotatable bonds is 5. The van der Waals surface area contributed by atoms with Crippen LogP contribution in [-0.2, 0) is 0 Å². The van der Waals surface area contributed by atoms with Crippen molar-refractivity contribution in [1.29, 1.82) is 0 Å². The van der Waals surface area contributed by atoms with E-state index in [1.807, 2.05) is 0 Å². The van der Waals surface area contributed by atoms with Gasteiger partial charge in [0.05, 0.1) is 16.7 Å². The van der Waals surface area contributed by atoms with Crippen LogP contribution in [0, 0.1) is 0 Å². The number of benzene rings is 10. The minimum absolute atomic E-state index is 0.876. The smallest absolute Gasteiger partial charge is 0.136 e. The van der Waals surface area contributed by atoms with E-state index in [4.69, 9.17) is 4.42 Å². The highest BCUT2D eigenvalue weighted by molar-refractivity contribution is 6.14. The Kier molecular flexibility index (Phi) is 6.93. The normalized spacial score (nSPS) is 11.9. The van der Waals surface area contributed by atoms with E-state index >= 15 is 0 Å². The van der Waals surface area contributed by atoms with Crippen LogP contribution in [-0.4, -0.2) is 4.57 Å². The third-order valence-electron chi connectivity index (χ3n) is 11.7. The van der Waals surface area contributed by atoms with E-state index < -0.39 is 0 Å². The van der Waals surface area contributed by atoms with Crippen LogP contribution in [0.15, 0.2) is 211 Å². The van der Waals surface area contributed by atoms with Gasteiger partial charge < -0.3 is 13.9 Å². The summed E-state index contributed by atoms with van der Waals surface area (Å²) in [4.78, 5) is 2.42. The molecule has 0 bridgehead atoms. The van der Waals surface area contributed by atoms with Crippen molar-refractivity contribution in [2.75, 3.05) is 4.90 Å². The van der Waals surface area contributed by atoms with Gasteiger partial charge in [-0.05, 0) is 111 Å². The first-order valence-corrected chi connectivity index (χ1v) is 19.5. The first kappa shape index (κ1) is 31.7. The van der Waals surface area contributed by atoms with Crippen molar-refractivity contribution >= 4 is 93.1 Å². The van der Waals surface area contributed by atoms with Gasteiger partial charge in [-0.2, -0.15) is 0 Å². The number of para-hydroxylation sites is 1. The summed E-state index contributed by atoms with van der Waals surface area (Å²) in [5, 5.41) is 11.9. The SMILES string of the molecule is c1ccc(-c2cc(N(c3ccc4oc5cc6ccccc6cc5c4c3)c3ccc4c(c3)c3ccccc3n4-c3cccc4ccccc34)cc3ccccc23)cc1. The van der Waals surface area contributed by atoms with Crippen molar-refractivity contribution in [1.82, 2.24) is 4.57 Å². The molecule has 12 rings (SSSR count). The summed E-state index contributed by atoms with van der Waals surface area (Å²) >= 11 is 0. The number of hydrogen-bond acceptors (Lipinski definition) is 2. The second-order valence-corrected chi connectivity index (χ2v) is 14.9. The molecule has 0 aliphatic rings. The van der Waals surface area contributed by atoms with Crippen LogP contribution in [0.4, 0.5) is 17.1 Å². The summed E-state index contributed by atoms with van der Waals surface area (Å²) in [6.45, 7) is 0. The Balaban J connectivity index is 1.14. The molecule has 10 aromatic carbocycles. The summed E-state index contributed by atoms with van der Waals surface area (Å²) < 4.78 is 8.93. The van der Waals surface area contributed by atoms with Crippen LogP contribution in [0.1, 0.15) is 0 Å². The maximum atomic E-state index is 6.50. The minimum Gasteiger partial charge on any atom is -0.456 e. The highest BCUT2D eigenvalue weighted by Crippen LogP contribution is 2.45. The van der Waals surface area contributed by atoms with Gasteiger partial charge in [0.1, 0.15) is 11.2 Å². The summed E-state index contributed by atoms with van der Waals surface area (Å²) in [7, 11) is 0. The molecule has 0 atom stereocenters. The largest absolute Gasteiger partial charge is 0.456 e. The molecular formula is C54H34N2O. The van der Waals surface area contributed by atoms with Gasteiger partial charge in [-0.1, -0.05) is 133 Å². The average Bonchev–Trinajstić information content (AvgIpc) is 3.80. The maximum Gasteiger partial charge on any atom is 0.136 e. The Hall–Kier alpha value is -7.62. The van der Waals surface area contributed by atoms with Gasteiger partial charge in [0, 0.05) is 44.0 Å². The van der Waals surface area contributed by atoms with Gasteiger partial charge >= 0.3 is 0 Å². The molecule has 0 saturated carbocycles. The molecule has 12 aromatic rings. The molecule has 0 spiro atoms. The molecule has 0 amide bonds. The third-order valence-corrected chi connectivity index (χ3v) is 11.7. The van der Waals surface area contributed by atoms with E-state index in [0.717, 1.165) is 39.0 Å². The van der Waals surface area contributed by atoms with Crippen LogP contribution in [0.25, 0.3) is 92.9 Å². The molecule has 0 saturated heterocycles. The van der Waals surface area contributed by atoms with Crippen molar-refractivity contribution in [3.05, 3.63) is 206 Å². The molecule has 2 heterocycles. The summed E-state index contributed by atoms with van der Waals surface area (Å²) in [5.41, 5.74) is 10.9. The van der Waals surface area contributed by atoms with Gasteiger partial charge in [-0.15, -0.1) is 0 Å². The van der Waals surface area contributed by atoms with Crippen molar-refractivity contribution < 1.29 is 4.42 Å². The Morgan fingerprint density at radius 2 is 0.947 bits per heavy atom. The van der Waals surface area contributed by atoms with E-state index in [1.165, 1.54) is 70.9 Å². The molecule has 2 aromatic heterocycles. The van der Waals surface area contributed by atoms with Crippen molar-refractivity contribution in [2.45, 2.75) is 0 Å².